The van der Waals surface area contributed by atoms with E-state index in [0.29, 0.717) is 0 Å². The Hall–Kier alpha value is -1.22. The fourth-order valence-electron chi connectivity index (χ4n) is 1.01. The van der Waals surface area contributed by atoms with Crippen molar-refractivity contribution >= 4 is 11.9 Å². The molecule has 1 aliphatic rings. The van der Waals surface area contributed by atoms with Crippen LogP contribution in [0.1, 0.15) is 6.92 Å². The molecule has 0 aliphatic carbocycles. The van der Waals surface area contributed by atoms with Gasteiger partial charge >= 0.3 is 17.7 Å². The molecule has 0 unspecified atom stereocenters. The van der Waals surface area contributed by atoms with Crippen molar-refractivity contribution in [2.24, 2.45) is 0 Å². The topological polar surface area (TPSA) is 123 Å². The van der Waals surface area contributed by atoms with Crippen molar-refractivity contribution in [3.63, 3.8) is 0 Å². The second-order valence-electron chi connectivity index (χ2n) is 2.91. The fourth-order valence-corrected chi connectivity index (χ4v) is 1.01. The molecule has 0 spiro atoms. The van der Waals surface area contributed by atoms with Crippen LogP contribution < -0.4 is 0 Å². The first-order valence-corrected chi connectivity index (χ1v) is 4.00. The summed E-state index contributed by atoms with van der Waals surface area (Å²) in [6, 6.07) is 0. The average molecular weight is 222 g/mol. The van der Waals surface area contributed by atoms with E-state index in [4.69, 9.17) is 10.2 Å². The average Bonchev–Trinajstić information content (AvgIpc) is 2.21. The van der Waals surface area contributed by atoms with Crippen LogP contribution in [0.2, 0.25) is 0 Å². The van der Waals surface area contributed by atoms with E-state index in [1.165, 1.54) is 0 Å². The molecular weight excluding hydrogens is 212 g/mol. The highest BCUT2D eigenvalue weighted by Crippen LogP contribution is 2.31. The number of aliphatic hydroxyl groups excluding tert-OH is 3. The molecule has 0 aromatic heterocycles. The van der Waals surface area contributed by atoms with Crippen molar-refractivity contribution in [1.82, 2.24) is 0 Å². The van der Waals surface area contributed by atoms with Gasteiger partial charge in [-0.2, -0.15) is 0 Å². The number of aliphatic hydroxyl groups is 3. The Labute approximate surface area is 83.9 Å². The summed E-state index contributed by atoms with van der Waals surface area (Å²) < 4.78 is 4.41. The van der Waals surface area contributed by atoms with E-state index in [-0.39, 0.29) is 0 Å². The van der Waals surface area contributed by atoms with Crippen molar-refractivity contribution < 1.29 is 39.4 Å². The molecular formula is C7H10O8. The van der Waals surface area contributed by atoms with Gasteiger partial charge in [0, 0.05) is 6.92 Å². The van der Waals surface area contributed by atoms with Gasteiger partial charge in [-0.1, -0.05) is 0 Å². The van der Waals surface area contributed by atoms with Gasteiger partial charge in [0.1, 0.15) is 6.10 Å². The quantitative estimate of drug-likeness (QED) is 0.351. The molecule has 0 amide bonds. The maximum absolute atomic E-state index is 11.0. The molecule has 0 aromatic carbocycles. The zero-order chi connectivity index (χ0) is 11.6. The molecule has 3 atom stereocenters. The van der Waals surface area contributed by atoms with Crippen LogP contribution in [0.25, 0.3) is 0 Å². The zero-order valence-corrected chi connectivity index (χ0v) is 7.74. The molecule has 3 N–H and O–H groups in total. The Balaban J connectivity index is 2.82. The van der Waals surface area contributed by atoms with Crippen LogP contribution in [0, 0.1) is 0 Å². The van der Waals surface area contributed by atoms with Gasteiger partial charge in [0.15, 0.2) is 6.10 Å². The van der Waals surface area contributed by atoms with Crippen LogP contribution in [-0.2, 0) is 24.1 Å². The number of esters is 1. The third-order valence-corrected chi connectivity index (χ3v) is 1.76. The number of carbonyl (C=O) groups is 2. The molecule has 1 heterocycles. The van der Waals surface area contributed by atoms with Gasteiger partial charge in [-0.15, -0.1) is 4.89 Å². The second kappa shape index (κ2) is 4.11. The van der Waals surface area contributed by atoms with Crippen LogP contribution in [0.3, 0.4) is 0 Å². The minimum atomic E-state index is -2.38. The fraction of sp³-hybridized carbons (Fsp3) is 0.714. The Morgan fingerprint density at radius 3 is 2.47 bits per heavy atom. The summed E-state index contributed by atoms with van der Waals surface area (Å²) in [6.07, 6.45) is -3.62. The number of hydrogen-bond donors (Lipinski definition) is 3. The molecule has 8 nitrogen and oxygen atoms in total. The summed E-state index contributed by atoms with van der Waals surface area (Å²) >= 11 is 0. The summed E-state index contributed by atoms with van der Waals surface area (Å²) in [5, 5.41) is 27.0. The van der Waals surface area contributed by atoms with E-state index in [1.807, 2.05) is 0 Å². The normalized spacial score (nSPS) is 28.7. The Morgan fingerprint density at radius 2 is 2.20 bits per heavy atom. The van der Waals surface area contributed by atoms with Gasteiger partial charge in [0.25, 0.3) is 0 Å². The zero-order valence-electron chi connectivity index (χ0n) is 7.74. The molecule has 8 heteroatoms. The molecule has 0 saturated carbocycles. The van der Waals surface area contributed by atoms with Crippen LogP contribution in [0.15, 0.2) is 0 Å². The minimum Gasteiger partial charge on any atom is -0.416 e. The Kier molecular flexibility index (Phi) is 3.25. The van der Waals surface area contributed by atoms with E-state index in [9.17, 15) is 14.7 Å². The van der Waals surface area contributed by atoms with Gasteiger partial charge in [-0.3, -0.25) is 9.68 Å². The Morgan fingerprint density at radius 1 is 1.60 bits per heavy atom. The highest BCUT2D eigenvalue weighted by molar-refractivity contribution is 5.84. The molecule has 0 aromatic rings. The molecule has 1 rings (SSSR count). The third-order valence-electron chi connectivity index (χ3n) is 1.76. The minimum absolute atomic E-state index is 0.833. The van der Waals surface area contributed by atoms with Crippen molar-refractivity contribution in [3.05, 3.63) is 0 Å². The van der Waals surface area contributed by atoms with Crippen LogP contribution in [0.5, 0.6) is 0 Å². The largest absolute Gasteiger partial charge is 0.420 e. The van der Waals surface area contributed by atoms with Crippen molar-refractivity contribution in [1.29, 1.82) is 0 Å². The van der Waals surface area contributed by atoms with Gasteiger partial charge < -0.3 is 20.1 Å². The standard InChI is InChI=1S/C7H10O8/c1-3(9)13-7(6(12)14-15-7)5(11)4(10)2-8/h4-5,8,10-11H,2H2,1H3/t4-,5-,7-/m1/s1. The highest BCUT2D eigenvalue weighted by Gasteiger charge is 2.64. The lowest BCUT2D eigenvalue weighted by Gasteiger charge is -2.39. The smallest absolute Gasteiger partial charge is 0.416 e. The van der Waals surface area contributed by atoms with Gasteiger partial charge in [-0.25, -0.2) is 4.79 Å². The number of ether oxygens (including phenoxy) is 1. The van der Waals surface area contributed by atoms with Crippen LogP contribution in [0.4, 0.5) is 0 Å². The first kappa shape index (κ1) is 11.9. The maximum atomic E-state index is 11.0. The summed E-state index contributed by atoms with van der Waals surface area (Å²) in [7, 11) is 0. The molecule has 0 bridgehead atoms. The third kappa shape index (κ3) is 1.92. The monoisotopic (exact) mass is 222 g/mol. The molecule has 1 saturated heterocycles. The molecule has 15 heavy (non-hydrogen) atoms. The summed E-state index contributed by atoms with van der Waals surface area (Å²) in [4.78, 5) is 29.7. The Bertz CT molecular complexity index is 276. The van der Waals surface area contributed by atoms with E-state index in [0.717, 1.165) is 6.92 Å². The van der Waals surface area contributed by atoms with E-state index >= 15 is 0 Å². The summed E-state index contributed by atoms with van der Waals surface area (Å²) in [6.45, 7) is 0.148. The van der Waals surface area contributed by atoms with Gasteiger partial charge in [-0.05, 0) is 0 Å². The highest BCUT2D eigenvalue weighted by atomic mass is 17.3. The van der Waals surface area contributed by atoms with E-state index in [2.05, 4.69) is 14.5 Å². The lowest BCUT2D eigenvalue weighted by molar-refractivity contribution is -0.477. The number of rotatable bonds is 4. The molecule has 1 fully saturated rings. The van der Waals surface area contributed by atoms with Crippen molar-refractivity contribution in [3.8, 4) is 0 Å². The predicted molar refractivity (Wildman–Crippen MR) is 40.8 cm³/mol. The maximum Gasteiger partial charge on any atom is 0.420 e. The van der Waals surface area contributed by atoms with Crippen LogP contribution >= 0.6 is 0 Å². The number of hydrogen-bond acceptors (Lipinski definition) is 8. The van der Waals surface area contributed by atoms with Gasteiger partial charge in [0.2, 0.25) is 0 Å². The molecule has 1 aliphatic heterocycles. The summed E-state index contributed by atoms with van der Waals surface area (Å²) in [5.74, 6) is -4.44. The second-order valence-corrected chi connectivity index (χ2v) is 2.91. The van der Waals surface area contributed by atoms with E-state index < -0.39 is 36.5 Å². The SMILES string of the molecule is CC(=O)O[C@]1([C@H](O)[C@H](O)CO)OOC1=O. The van der Waals surface area contributed by atoms with Gasteiger partial charge in [0.05, 0.1) is 6.61 Å². The molecule has 0 radical (unpaired) electrons. The van der Waals surface area contributed by atoms with Crippen molar-refractivity contribution in [2.45, 2.75) is 24.9 Å². The van der Waals surface area contributed by atoms with E-state index in [1.54, 1.807) is 0 Å². The first-order valence-electron chi connectivity index (χ1n) is 4.00. The van der Waals surface area contributed by atoms with Crippen LogP contribution in [-0.4, -0.2) is 51.9 Å². The lowest BCUT2D eigenvalue weighted by atomic mass is 10.0. The lowest BCUT2D eigenvalue weighted by Crippen LogP contribution is -2.66. The number of carbonyl (C=O) groups excluding carboxylic acids is 2. The molecule has 86 valence electrons. The predicted octanol–water partition coefficient (Wildman–Crippen LogP) is -2.55. The first-order chi connectivity index (χ1) is 6.94. The van der Waals surface area contributed by atoms with Crippen molar-refractivity contribution in [2.75, 3.05) is 6.61 Å². The summed E-state index contributed by atoms with van der Waals surface area (Å²) in [5.41, 5.74) is 0.